The van der Waals surface area contributed by atoms with Gasteiger partial charge in [-0.2, -0.15) is 5.21 Å². The first-order chi connectivity index (χ1) is 9.60. The summed E-state index contributed by atoms with van der Waals surface area (Å²) < 4.78 is 12.0. The summed E-state index contributed by atoms with van der Waals surface area (Å²) in [6.45, 7) is 4.48. The molecule has 0 saturated heterocycles. The molecule has 1 aromatic heterocycles. The Labute approximate surface area is 125 Å². The highest BCUT2D eigenvalue weighted by molar-refractivity contribution is 9.10. The molecule has 1 aromatic carbocycles. The standard InChI is InChI=1S/C12H16BrN5O2/c1-7(2)20-11-5-9(13)8(4-10(11)19-3)6-14-12-15-17-18-16-12/h4-5,7H,6H2,1-3H3,(H2,14,15,16,17,18). The highest BCUT2D eigenvalue weighted by Gasteiger charge is 2.12. The molecule has 2 N–H and O–H groups in total. The van der Waals surface area contributed by atoms with Gasteiger partial charge in [0.25, 0.3) is 5.95 Å². The first-order valence-electron chi connectivity index (χ1n) is 6.10. The number of benzene rings is 1. The first kappa shape index (κ1) is 14.6. The van der Waals surface area contributed by atoms with Crippen LogP contribution in [-0.2, 0) is 6.54 Å². The number of aromatic amines is 1. The van der Waals surface area contributed by atoms with Crippen LogP contribution in [0, 0.1) is 0 Å². The van der Waals surface area contributed by atoms with E-state index in [2.05, 4.69) is 41.9 Å². The van der Waals surface area contributed by atoms with Crippen molar-refractivity contribution < 1.29 is 9.47 Å². The number of hydrogen-bond donors (Lipinski definition) is 2. The van der Waals surface area contributed by atoms with E-state index in [-0.39, 0.29) is 6.10 Å². The Morgan fingerprint density at radius 3 is 2.75 bits per heavy atom. The van der Waals surface area contributed by atoms with E-state index in [1.54, 1.807) is 7.11 Å². The fourth-order valence-corrected chi connectivity index (χ4v) is 2.09. The zero-order chi connectivity index (χ0) is 14.5. The van der Waals surface area contributed by atoms with Crippen LogP contribution in [0.4, 0.5) is 5.95 Å². The Morgan fingerprint density at radius 2 is 2.15 bits per heavy atom. The van der Waals surface area contributed by atoms with Crippen LogP contribution in [0.25, 0.3) is 0 Å². The lowest BCUT2D eigenvalue weighted by atomic mass is 10.2. The quantitative estimate of drug-likeness (QED) is 0.838. The largest absolute Gasteiger partial charge is 0.493 e. The van der Waals surface area contributed by atoms with Crippen molar-refractivity contribution in [1.29, 1.82) is 0 Å². The number of rotatable bonds is 6. The monoisotopic (exact) mass is 341 g/mol. The molecule has 0 bridgehead atoms. The van der Waals surface area contributed by atoms with Gasteiger partial charge in [0.2, 0.25) is 0 Å². The molecule has 0 saturated carbocycles. The molecule has 7 nitrogen and oxygen atoms in total. The molecule has 8 heteroatoms. The normalized spacial score (nSPS) is 10.7. The number of hydrogen-bond acceptors (Lipinski definition) is 6. The number of methoxy groups -OCH3 is 1. The highest BCUT2D eigenvalue weighted by atomic mass is 79.9. The molecule has 1 heterocycles. The van der Waals surface area contributed by atoms with E-state index in [4.69, 9.17) is 9.47 Å². The molecule has 0 aliphatic heterocycles. The Hall–Kier alpha value is -1.83. The molecule has 0 aliphatic rings. The molecule has 0 fully saturated rings. The Kier molecular flexibility index (Phi) is 4.78. The minimum Gasteiger partial charge on any atom is -0.493 e. The van der Waals surface area contributed by atoms with Gasteiger partial charge in [-0.05, 0) is 36.8 Å². The fourth-order valence-electron chi connectivity index (χ4n) is 1.63. The van der Waals surface area contributed by atoms with Crippen LogP contribution in [0.2, 0.25) is 0 Å². The minimum atomic E-state index is 0.0825. The molecule has 0 aliphatic carbocycles. The maximum atomic E-state index is 5.71. The lowest BCUT2D eigenvalue weighted by Crippen LogP contribution is -2.08. The molecule has 20 heavy (non-hydrogen) atoms. The summed E-state index contributed by atoms with van der Waals surface area (Å²) >= 11 is 3.52. The average molecular weight is 342 g/mol. The average Bonchev–Trinajstić information content (AvgIpc) is 2.90. The van der Waals surface area contributed by atoms with Crippen LogP contribution < -0.4 is 14.8 Å². The van der Waals surface area contributed by atoms with Crippen molar-refractivity contribution in [2.45, 2.75) is 26.5 Å². The maximum absolute atomic E-state index is 5.71. The number of nitrogens with one attached hydrogen (secondary N) is 2. The Morgan fingerprint density at radius 1 is 1.35 bits per heavy atom. The molecule has 0 radical (unpaired) electrons. The molecular weight excluding hydrogens is 326 g/mol. The molecular formula is C12H16BrN5O2. The van der Waals surface area contributed by atoms with E-state index in [0.29, 0.717) is 24.0 Å². The molecule has 108 valence electrons. The summed E-state index contributed by atoms with van der Waals surface area (Å²) in [4.78, 5) is 0. The van der Waals surface area contributed by atoms with Crippen molar-refractivity contribution in [2.24, 2.45) is 0 Å². The maximum Gasteiger partial charge on any atom is 0.263 e. The van der Waals surface area contributed by atoms with E-state index in [1.165, 1.54) is 0 Å². The van der Waals surface area contributed by atoms with Crippen LogP contribution in [0.3, 0.4) is 0 Å². The van der Waals surface area contributed by atoms with E-state index in [0.717, 1.165) is 10.0 Å². The number of halogens is 1. The van der Waals surface area contributed by atoms with Gasteiger partial charge in [0, 0.05) is 11.0 Å². The summed E-state index contributed by atoms with van der Waals surface area (Å²) in [5.41, 5.74) is 1.00. The smallest absolute Gasteiger partial charge is 0.263 e. The van der Waals surface area contributed by atoms with E-state index >= 15 is 0 Å². The van der Waals surface area contributed by atoms with Gasteiger partial charge in [0.15, 0.2) is 11.5 Å². The second kappa shape index (κ2) is 6.56. The third kappa shape index (κ3) is 3.60. The number of aromatic nitrogens is 4. The van der Waals surface area contributed by atoms with Crippen LogP contribution in [-0.4, -0.2) is 33.8 Å². The van der Waals surface area contributed by atoms with Crippen molar-refractivity contribution in [2.75, 3.05) is 12.4 Å². The SMILES string of the molecule is COc1cc(CNc2nn[nH]n2)c(Br)cc1OC(C)C. The van der Waals surface area contributed by atoms with Crippen molar-refractivity contribution in [3.05, 3.63) is 22.2 Å². The van der Waals surface area contributed by atoms with Gasteiger partial charge in [-0.15, -0.1) is 5.10 Å². The second-order valence-electron chi connectivity index (χ2n) is 4.35. The summed E-state index contributed by atoms with van der Waals surface area (Å²) in [7, 11) is 1.62. The van der Waals surface area contributed by atoms with Crippen LogP contribution >= 0.6 is 15.9 Å². The lowest BCUT2D eigenvalue weighted by molar-refractivity contribution is 0.230. The third-order valence-corrected chi connectivity index (χ3v) is 3.22. The predicted molar refractivity (Wildman–Crippen MR) is 78.0 cm³/mol. The number of nitrogens with zero attached hydrogens (tertiary/aromatic N) is 3. The van der Waals surface area contributed by atoms with E-state index < -0.39 is 0 Å². The van der Waals surface area contributed by atoms with Gasteiger partial charge in [0.05, 0.1) is 13.2 Å². The summed E-state index contributed by atoms with van der Waals surface area (Å²) in [6, 6.07) is 3.81. The van der Waals surface area contributed by atoms with Crippen LogP contribution in [0.15, 0.2) is 16.6 Å². The van der Waals surface area contributed by atoms with Gasteiger partial charge in [-0.1, -0.05) is 21.0 Å². The van der Waals surface area contributed by atoms with E-state index in [9.17, 15) is 0 Å². The lowest BCUT2D eigenvalue weighted by Gasteiger charge is -2.16. The number of anilines is 1. The minimum absolute atomic E-state index is 0.0825. The molecule has 2 aromatic rings. The third-order valence-electron chi connectivity index (χ3n) is 2.48. The summed E-state index contributed by atoms with van der Waals surface area (Å²) in [5, 5.41) is 16.6. The number of tetrazole rings is 1. The Bertz CT molecular complexity index is 559. The van der Waals surface area contributed by atoms with Crippen LogP contribution in [0.1, 0.15) is 19.4 Å². The van der Waals surface area contributed by atoms with E-state index in [1.807, 2.05) is 26.0 Å². The number of ether oxygens (including phenoxy) is 2. The fraction of sp³-hybridized carbons (Fsp3) is 0.417. The van der Waals surface area contributed by atoms with Crippen molar-refractivity contribution >= 4 is 21.9 Å². The zero-order valence-corrected chi connectivity index (χ0v) is 13.1. The van der Waals surface area contributed by atoms with Gasteiger partial charge in [0.1, 0.15) is 0 Å². The van der Waals surface area contributed by atoms with Gasteiger partial charge in [-0.25, -0.2) is 0 Å². The summed E-state index contributed by atoms with van der Waals surface area (Å²) in [6.07, 6.45) is 0.0825. The summed E-state index contributed by atoms with van der Waals surface area (Å²) in [5.74, 6) is 1.84. The zero-order valence-electron chi connectivity index (χ0n) is 11.5. The number of H-pyrrole nitrogens is 1. The molecule has 0 amide bonds. The highest BCUT2D eigenvalue weighted by Crippen LogP contribution is 2.34. The van der Waals surface area contributed by atoms with Gasteiger partial charge >= 0.3 is 0 Å². The van der Waals surface area contributed by atoms with Crippen molar-refractivity contribution in [3.8, 4) is 11.5 Å². The van der Waals surface area contributed by atoms with Gasteiger partial charge < -0.3 is 14.8 Å². The van der Waals surface area contributed by atoms with Crippen molar-refractivity contribution in [1.82, 2.24) is 20.6 Å². The van der Waals surface area contributed by atoms with Gasteiger partial charge in [-0.3, -0.25) is 0 Å². The molecule has 0 unspecified atom stereocenters. The topological polar surface area (TPSA) is 85.0 Å². The van der Waals surface area contributed by atoms with Crippen molar-refractivity contribution in [3.63, 3.8) is 0 Å². The second-order valence-corrected chi connectivity index (χ2v) is 5.20. The van der Waals surface area contributed by atoms with Crippen LogP contribution in [0.5, 0.6) is 11.5 Å². The molecule has 0 atom stereocenters. The molecule has 0 spiro atoms. The Balaban J connectivity index is 2.16. The first-order valence-corrected chi connectivity index (χ1v) is 6.90. The predicted octanol–water partition coefficient (Wildman–Crippen LogP) is 2.37. The molecule has 2 rings (SSSR count).